The summed E-state index contributed by atoms with van der Waals surface area (Å²) in [5.74, 6) is 0.342. The number of carbonyl (C=O) groups is 1. The van der Waals surface area contributed by atoms with Gasteiger partial charge in [0.05, 0.1) is 11.3 Å². The molecule has 0 fully saturated rings. The number of ether oxygens (including phenoxy) is 1. The summed E-state index contributed by atoms with van der Waals surface area (Å²) in [6.07, 6.45) is -6.16. The van der Waals surface area contributed by atoms with Crippen molar-refractivity contribution < 1.29 is 31.1 Å². The number of sulfonamides is 1. The maximum atomic E-state index is 13.0. The molecule has 3 aromatic carbocycles. The Hall–Kier alpha value is -3.57. The van der Waals surface area contributed by atoms with Crippen molar-refractivity contribution in [1.29, 1.82) is 0 Å². The molecule has 11 heteroatoms. The summed E-state index contributed by atoms with van der Waals surface area (Å²) < 4.78 is 71.5. The van der Waals surface area contributed by atoms with E-state index in [1.807, 2.05) is 18.2 Å². The van der Waals surface area contributed by atoms with E-state index in [1.54, 1.807) is 36.4 Å². The van der Waals surface area contributed by atoms with Gasteiger partial charge in [-0.05, 0) is 54.6 Å². The van der Waals surface area contributed by atoms with Crippen molar-refractivity contribution in [3.8, 4) is 11.5 Å². The zero-order chi connectivity index (χ0) is 22.9. The normalized spacial score (nSPS) is 17.0. The van der Waals surface area contributed by atoms with Crippen LogP contribution in [0.1, 0.15) is 5.56 Å². The largest absolute Gasteiger partial charge is 0.457 e. The topological polar surface area (TPSA) is 96.5 Å². The van der Waals surface area contributed by atoms with Crippen molar-refractivity contribution in [3.63, 3.8) is 0 Å². The van der Waals surface area contributed by atoms with E-state index >= 15 is 0 Å². The maximum Gasteiger partial charge on any atom is 0.416 e. The van der Waals surface area contributed by atoms with Crippen molar-refractivity contribution in [3.05, 3.63) is 78.4 Å². The van der Waals surface area contributed by atoms with Gasteiger partial charge in [0.25, 0.3) is 5.91 Å². The minimum atomic E-state index is -4.66. The number of fused-ring (bicyclic) bond motifs is 1. The highest BCUT2D eigenvalue weighted by molar-refractivity contribution is 7.89. The summed E-state index contributed by atoms with van der Waals surface area (Å²) in [5, 5.41) is 5.01. The van der Waals surface area contributed by atoms with Crippen LogP contribution in [-0.2, 0) is 21.0 Å². The lowest BCUT2D eigenvalue weighted by Gasteiger charge is -2.27. The van der Waals surface area contributed by atoms with Gasteiger partial charge in [0.1, 0.15) is 16.4 Å². The minimum Gasteiger partial charge on any atom is -0.457 e. The molecule has 1 amide bonds. The fourth-order valence-corrected chi connectivity index (χ4v) is 4.28. The first kappa shape index (κ1) is 21.7. The maximum absolute atomic E-state index is 13.0. The molecule has 166 valence electrons. The molecule has 32 heavy (non-hydrogen) atoms. The van der Waals surface area contributed by atoms with E-state index in [-0.39, 0.29) is 10.6 Å². The van der Waals surface area contributed by atoms with Gasteiger partial charge in [-0.3, -0.25) is 4.79 Å². The van der Waals surface area contributed by atoms with Gasteiger partial charge in [-0.1, -0.05) is 18.2 Å². The SMILES string of the molecule is O=C(Nc1ccc(Oc2ccccc2)cc1)[C@@H]1Nc2cc(C(F)(F)F)ccc2S(=O)(=O)N1. The molecule has 0 aromatic heterocycles. The second-order valence-corrected chi connectivity index (χ2v) is 8.52. The van der Waals surface area contributed by atoms with Crippen LogP contribution in [0.4, 0.5) is 24.5 Å². The zero-order valence-corrected chi connectivity index (χ0v) is 17.0. The Labute approximate surface area is 181 Å². The fraction of sp³-hybridized carbons (Fsp3) is 0.0952. The van der Waals surface area contributed by atoms with Gasteiger partial charge >= 0.3 is 6.18 Å². The Kier molecular flexibility index (Phi) is 5.53. The zero-order valence-electron chi connectivity index (χ0n) is 16.2. The number of hydrogen-bond donors (Lipinski definition) is 3. The van der Waals surface area contributed by atoms with E-state index < -0.39 is 33.8 Å². The van der Waals surface area contributed by atoms with Crippen LogP contribution in [0.3, 0.4) is 0 Å². The van der Waals surface area contributed by atoms with Crippen LogP contribution in [0.5, 0.6) is 11.5 Å². The molecule has 0 bridgehead atoms. The number of halogens is 3. The Morgan fingerprint density at radius 1 is 0.938 bits per heavy atom. The summed E-state index contributed by atoms with van der Waals surface area (Å²) in [4.78, 5) is 12.2. The standard InChI is InChI=1S/C21H16F3N3O4S/c22-21(23,24)13-6-11-18-17(12-13)26-19(27-32(18,29)30)20(28)25-14-7-9-16(10-8-14)31-15-4-2-1-3-5-15/h1-12,19,26-27H,(H,25,28)/t19-/m1/s1. The number of rotatable bonds is 4. The van der Waals surface area contributed by atoms with Crippen LogP contribution in [0.2, 0.25) is 0 Å². The Bertz CT molecular complexity index is 1250. The van der Waals surface area contributed by atoms with Gasteiger partial charge in [-0.2, -0.15) is 17.9 Å². The molecule has 3 aromatic rings. The number of benzene rings is 3. The Morgan fingerprint density at radius 2 is 1.59 bits per heavy atom. The van der Waals surface area contributed by atoms with Crippen molar-refractivity contribution in [2.45, 2.75) is 17.2 Å². The van der Waals surface area contributed by atoms with E-state index in [2.05, 4.69) is 15.4 Å². The predicted octanol–water partition coefficient (Wildman–Crippen LogP) is 4.17. The van der Waals surface area contributed by atoms with E-state index in [1.165, 1.54) is 0 Å². The molecule has 1 heterocycles. The summed E-state index contributed by atoms with van der Waals surface area (Å²) in [6, 6.07) is 17.5. The molecule has 0 radical (unpaired) electrons. The number of anilines is 2. The van der Waals surface area contributed by atoms with Crippen LogP contribution in [0.25, 0.3) is 0 Å². The molecule has 7 nitrogen and oxygen atoms in total. The van der Waals surface area contributed by atoms with E-state index in [0.717, 1.165) is 6.07 Å². The van der Waals surface area contributed by atoms with Crippen LogP contribution in [-0.4, -0.2) is 20.5 Å². The average Bonchev–Trinajstić information content (AvgIpc) is 2.74. The minimum absolute atomic E-state index is 0.315. The van der Waals surface area contributed by atoms with Crippen LogP contribution in [0, 0.1) is 0 Å². The molecule has 4 rings (SSSR count). The first-order valence-corrected chi connectivity index (χ1v) is 10.7. The molecular weight excluding hydrogens is 447 g/mol. The van der Waals surface area contributed by atoms with Crippen molar-refractivity contribution in [2.24, 2.45) is 0 Å². The van der Waals surface area contributed by atoms with Crippen LogP contribution in [0.15, 0.2) is 77.7 Å². The van der Waals surface area contributed by atoms with Gasteiger partial charge in [0, 0.05) is 5.69 Å². The van der Waals surface area contributed by atoms with E-state index in [0.29, 0.717) is 29.3 Å². The number of hydrogen-bond acceptors (Lipinski definition) is 5. The molecular formula is C21H16F3N3O4S. The van der Waals surface area contributed by atoms with Crippen LogP contribution >= 0.6 is 0 Å². The lowest BCUT2D eigenvalue weighted by molar-refractivity contribution is -0.137. The summed E-state index contributed by atoms with van der Waals surface area (Å²) in [6.45, 7) is 0. The van der Waals surface area contributed by atoms with Gasteiger partial charge < -0.3 is 15.4 Å². The van der Waals surface area contributed by atoms with Gasteiger partial charge in [0.15, 0.2) is 6.17 Å². The lowest BCUT2D eigenvalue weighted by Crippen LogP contribution is -2.51. The van der Waals surface area contributed by atoms with Crippen molar-refractivity contribution in [2.75, 3.05) is 10.6 Å². The van der Waals surface area contributed by atoms with E-state index in [4.69, 9.17) is 4.74 Å². The average molecular weight is 463 g/mol. The van der Waals surface area contributed by atoms with Crippen molar-refractivity contribution >= 4 is 27.3 Å². The predicted molar refractivity (Wildman–Crippen MR) is 111 cm³/mol. The highest BCUT2D eigenvalue weighted by Crippen LogP contribution is 2.35. The second-order valence-electron chi connectivity index (χ2n) is 6.84. The van der Waals surface area contributed by atoms with Crippen molar-refractivity contribution in [1.82, 2.24) is 4.72 Å². The van der Waals surface area contributed by atoms with E-state index in [9.17, 15) is 26.4 Å². The second kappa shape index (κ2) is 8.17. The smallest absolute Gasteiger partial charge is 0.416 e. The molecule has 1 aliphatic rings. The Morgan fingerprint density at radius 3 is 2.25 bits per heavy atom. The first-order chi connectivity index (χ1) is 15.1. The third kappa shape index (κ3) is 4.68. The quantitative estimate of drug-likeness (QED) is 0.540. The molecule has 1 atom stereocenters. The molecule has 0 spiro atoms. The third-order valence-electron chi connectivity index (χ3n) is 4.53. The molecule has 0 unspecified atom stereocenters. The summed E-state index contributed by atoms with van der Waals surface area (Å²) >= 11 is 0. The molecule has 1 aliphatic heterocycles. The number of alkyl halides is 3. The fourth-order valence-electron chi connectivity index (χ4n) is 3.02. The molecule has 0 saturated heterocycles. The van der Waals surface area contributed by atoms with Crippen LogP contribution < -0.4 is 20.1 Å². The monoisotopic (exact) mass is 463 g/mol. The highest BCUT2D eigenvalue weighted by Gasteiger charge is 2.37. The number of nitrogens with one attached hydrogen (secondary N) is 3. The molecule has 0 aliphatic carbocycles. The number of amides is 1. The van der Waals surface area contributed by atoms with Gasteiger partial charge in [-0.25, -0.2) is 8.42 Å². The highest BCUT2D eigenvalue weighted by atomic mass is 32.2. The number of para-hydroxylation sites is 1. The van der Waals surface area contributed by atoms with Gasteiger partial charge in [-0.15, -0.1) is 0 Å². The third-order valence-corrected chi connectivity index (χ3v) is 6.01. The summed E-state index contributed by atoms with van der Waals surface area (Å²) in [7, 11) is -4.19. The van der Waals surface area contributed by atoms with Gasteiger partial charge in [0.2, 0.25) is 10.0 Å². The number of carbonyl (C=O) groups excluding carboxylic acids is 1. The summed E-state index contributed by atoms with van der Waals surface area (Å²) in [5.41, 5.74) is -1.01. The first-order valence-electron chi connectivity index (χ1n) is 9.26. The Balaban J connectivity index is 1.48. The molecule has 3 N–H and O–H groups in total. The molecule has 0 saturated carbocycles. The lowest BCUT2D eigenvalue weighted by atomic mass is 10.2.